The zero-order chi connectivity index (χ0) is 36.3. The highest BCUT2D eigenvalue weighted by Crippen LogP contribution is 2.42. The molecule has 3 aromatic heterocycles. The molecule has 0 saturated carbocycles. The molecule has 5 nitrogen and oxygen atoms in total. The van der Waals surface area contributed by atoms with Gasteiger partial charge in [-0.25, -0.2) is 9.97 Å². The summed E-state index contributed by atoms with van der Waals surface area (Å²) in [5.74, 6) is 0.696. The van der Waals surface area contributed by atoms with Crippen molar-refractivity contribution < 1.29 is 0 Å². The minimum absolute atomic E-state index is 0.696. The number of hydrogen-bond acceptors (Lipinski definition) is 4. The molecule has 0 atom stereocenters. The molecule has 0 radical (unpaired) electrons. The maximum Gasteiger partial charge on any atom is 0.160 e. The summed E-state index contributed by atoms with van der Waals surface area (Å²) in [6.07, 6.45) is 3.57. The van der Waals surface area contributed by atoms with E-state index >= 15 is 0 Å². The van der Waals surface area contributed by atoms with Crippen molar-refractivity contribution in [2.24, 2.45) is 0 Å². The van der Waals surface area contributed by atoms with Crippen LogP contribution in [0.2, 0.25) is 0 Å². The van der Waals surface area contributed by atoms with E-state index in [1.54, 1.807) is 12.4 Å². The average Bonchev–Trinajstić information content (AvgIpc) is 3.61. The Labute approximate surface area is 316 Å². The van der Waals surface area contributed by atoms with E-state index in [-0.39, 0.29) is 0 Å². The Morgan fingerprint density at radius 1 is 0.364 bits per heavy atom. The van der Waals surface area contributed by atoms with Crippen LogP contribution in [0.1, 0.15) is 0 Å². The van der Waals surface area contributed by atoms with Gasteiger partial charge in [-0.1, -0.05) is 152 Å². The van der Waals surface area contributed by atoms with Crippen LogP contribution >= 0.6 is 0 Å². The molecule has 0 spiro atoms. The summed E-state index contributed by atoms with van der Waals surface area (Å²) in [6.45, 7) is 0. The molecule has 0 fully saturated rings. The third kappa shape index (κ3) is 5.09. The van der Waals surface area contributed by atoms with E-state index in [0.717, 1.165) is 72.2 Å². The lowest BCUT2D eigenvalue weighted by Crippen LogP contribution is -1.97. The van der Waals surface area contributed by atoms with Crippen molar-refractivity contribution in [2.75, 3.05) is 0 Å². The van der Waals surface area contributed by atoms with Gasteiger partial charge in [-0.15, -0.1) is 0 Å². The molecule has 0 aliphatic heterocycles. The molecule has 0 saturated heterocycles. The number of fused-ring (bicyclic) bond motifs is 10. The molecule has 11 aromatic rings. The van der Waals surface area contributed by atoms with Crippen LogP contribution in [0.3, 0.4) is 0 Å². The summed E-state index contributed by atoms with van der Waals surface area (Å²) in [5, 5.41) is 6.97. The lowest BCUT2D eigenvalue weighted by atomic mass is 9.97. The Kier molecular flexibility index (Phi) is 7.10. The van der Waals surface area contributed by atoms with Gasteiger partial charge in [0.2, 0.25) is 0 Å². The number of hydrogen-bond donors (Lipinski definition) is 0. The molecule has 0 aliphatic rings. The van der Waals surface area contributed by atoms with Crippen molar-refractivity contribution in [3.8, 4) is 50.7 Å². The minimum atomic E-state index is 0.696. The molecule has 55 heavy (non-hydrogen) atoms. The molecule has 3 heterocycles. The molecule has 0 aliphatic carbocycles. The van der Waals surface area contributed by atoms with E-state index in [2.05, 4.69) is 144 Å². The van der Waals surface area contributed by atoms with Gasteiger partial charge in [0, 0.05) is 61.7 Å². The van der Waals surface area contributed by atoms with Gasteiger partial charge in [-0.05, 0) is 40.8 Å². The van der Waals surface area contributed by atoms with Gasteiger partial charge < -0.3 is 4.57 Å². The summed E-state index contributed by atoms with van der Waals surface area (Å²) in [6, 6.07) is 61.9. The lowest BCUT2D eigenvalue weighted by molar-refractivity contribution is 1.18. The first-order chi connectivity index (χ1) is 27.3. The van der Waals surface area contributed by atoms with Gasteiger partial charge in [-0.3, -0.25) is 9.97 Å². The SMILES string of the molecule is c1ccc(-c2cc(-c3ccccc3)nc(-c3ccc(-c4cccc(-n5c6ccccc6c6ccc7c8nccnc8c8ccccc8c7c65)c4)cc3)n2)cc1. The van der Waals surface area contributed by atoms with E-state index in [4.69, 9.17) is 19.9 Å². The van der Waals surface area contributed by atoms with E-state index < -0.39 is 0 Å². The second-order valence-electron chi connectivity index (χ2n) is 13.9. The number of rotatable bonds is 5. The summed E-state index contributed by atoms with van der Waals surface area (Å²) < 4.78 is 2.42. The molecule has 0 bridgehead atoms. The standard InChI is InChI=1S/C50H31N5/c1-3-12-33(13-4-1)43-31-44(34-14-5-2-6-15-34)54-50(53-43)35-24-22-32(23-25-35)36-16-11-17-37(30-36)55-45-21-10-9-18-38(45)41-26-27-42-46(49(41)55)39-19-7-8-20-40(39)47-48(42)52-29-28-51-47/h1-31H. The quantitative estimate of drug-likeness (QED) is 0.168. The summed E-state index contributed by atoms with van der Waals surface area (Å²) in [5.41, 5.74) is 12.4. The fourth-order valence-electron chi connectivity index (χ4n) is 8.16. The molecule has 11 rings (SSSR count). The second-order valence-corrected chi connectivity index (χ2v) is 13.9. The Balaban J connectivity index is 1.07. The monoisotopic (exact) mass is 701 g/mol. The van der Waals surface area contributed by atoms with E-state index in [0.29, 0.717) is 5.82 Å². The smallest absolute Gasteiger partial charge is 0.160 e. The molecule has 8 aromatic carbocycles. The zero-order valence-electron chi connectivity index (χ0n) is 29.6. The number of nitrogens with zero attached hydrogens (tertiary/aromatic N) is 5. The summed E-state index contributed by atoms with van der Waals surface area (Å²) >= 11 is 0. The van der Waals surface area contributed by atoms with Crippen LogP contribution in [0.4, 0.5) is 0 Å². The molecule has 0 amide bonds. The first kappa shape index (κ1) is 31.1. The molecule has 256 valence electrons. The maximum absolute atomic E-state index is 5.05. The molecule has 0 N–H and O–H groups in total. The molecule has 0 unspecified atom stereocenters. The van der Waals surface area contributed by atoms with E-state index in [1.807, 2.05) is 36.4 Å². The van der Waals surface area contributed by atoms with Gasteiger partial charge in [0.05, 0.1) is 33.5 Å². The van der Waals surface area contributed by atoms with Gasteiger partial charge >= 0.3 is 0 Å². The third-order valence-corrected chi connectivity index (χ3v) is 10.7. The van der Waals surface area contributed by atoms with Crippen molar-refractivity contribution in [3.63, 3.8) is 0 Å². The van der Waals surface area contributed by atoms with E-state index in [1.165, 1.54) is 27.1 Å². The maximum atomic E-state index is 5.05. The Morgan fingerprint density at radius 2 is 0.927 bits per heavy atom. The van der Waals surface area contributed by atoms with Gasteiger partial charge in [0.15, 0.2) is 5.82 Å². The predicted octanol–water partition coefficient (Wildman–Crippen LogP) is 12.5. The van der Waals surface area contributed by atoms with Crippen molar-refractivity contribution >= 4 is 54.4 Å². The van der Waals surface area contributed by atoms with Crippen LogP contribution in [-0.4, -0.2) is 24.5 Å². The fourth-order valence-corrected chi connectivity index (χ4v) is 8.16. The summed E-state index contributed by atoms with van der Waals surface area (Å²) in [7, 11) is 0. The van der Waals surface area contributed by atoms with Crippen LogP contribution in [0.25, 0.3) is 105 Å². The fraction of sp³-hybridized carbons (Fsp3) is 0. The van der Waals surface area contributed by atoms with Crippen LogP contribution in [-0.2, 0) is 0 Å². The Hall–Kier alpha value is -7.50. The normalized spacial score (nSPS) is 11.6. The molecular formula is C50H31N5. The van der Waals surface area contributed by atoms with Crippen molar-refractivity contribution in [1.82, 2.24) is 24.5 Å². The van der Waals surface area contributed by atoms with Crippen LogP contribution < -0.4 is 0 Å². The van der Waals surface area contributed by atoms with Crippen molar-refractivity contribution in [2.45, 2.75) is 0 Å². The van der Waals surface area contributed by atoms with Crippen molar-refractivity contribution in [3.05, 3.63) is 188 Å². The highest BCUT2D eigenvalue weighted by atomic mass is 15.0. The zero-order valence-corrected chi connectivity index (χ0v) is 29.6. The van der Waals surface area contributed by atoms with Crippen LogP contribution in [0, 0.1) is 0 Å². The Bertz CT molecular complexity index is 3150. The number of aromatic nitrogens is 5. The highest BCUT2D eigenvalue weighted by Gasteiger charge is 2.20. The van der Waals surface area contributed by atoms with Crippen LogP contribution in [0.5, 0.6) is 0 Å². The predicted molar refractivity (Wildman–Crippen MR) is 226 cm³/mol. The van der Waals surface area contributed by atoms with Crippen LogP contribution in [0.15, 0.2) is 188 Å². The van der Waals surface area contributed by atoms with Gasteiger partial charge in [-0.2, -0.15) is 0 Å². The van der Waals surface area contributed by atoms with Gasteiger partial charge in [0.25, 0.3) is 0 Å². The topological polar surface area (TPSA) is 56.5 Å². The first-order valence-electron chi connectivity index (χ1n) is 18.5. The third-order valence-electron chi connectivity index (χ3n) is 10.7. The molecular weight excluding hydrogens is 671 g/mol. The first-order valence-corrected chi connectivity index (χ1v) is 18.5. The lowest BCUT2D eigenvalue weighted by Gasteiger charge is -2.14. The number of benzene rings is 8. The number of para-hydroxylation sites is 1. The van der Waals surface area contributed by atoms with E-state index in [9.17, 15) is 0 Å². The molecule has 5 heteroatoms. The summed E-state index contributed by atoms with van der Waals surface area (Å²) in [4.78, 5) is 19.8. The minimum Gasteiger partial charge on any atom is -0.309 e. The Morgan fingerprint density at radius 3 is 1.64 bits per heavy atom. The van der Waals surface area contributed by atoms with Crippen molar-refractivity contribution in [1.29, 1.82) is 0 Å². The van der Waals surface area contributed by atoms with Gasteiger partial charge in [0.1, 0.15) is 0 Å². The highest BCUT2D eigenvalue weighted by molar-refractivity contribution is 6.32. The largest absolute Gasteiger partial charge is 0.309 e. The average molecular weight is 702 g/mol. The second kappa shape index (κ2) is 12.6.